The van der Waals surface area contributed by atoms with Gasteiger partial charge in [-0.3, -0.25) is 9.36 Å². The van der Waals surface area contributed by atoms with E-state index in [1.807, 2.05) is 66.9 Å². The summed E-state index contributed by atoms with van der Waals surface area (Å²) < 4.78 is 1.56. The Bertz CT molecular complexity index is 1580. The summed E-state index contributed by atoms with van der Waals surface area (Å²) in [5, 5.41) is 16.3. The van der Waals surface area contributed by atoms with Crippen LogP contribution in [0.3, 0.4) is 0 Å². The van der Waals surface area contributed by atoms with Crippen molar-refractivity contribution in [2.24, 2.45) is 0 Å². The van der Waals surface area contributed by atoms with Crippen LogP contribution in [0.1, 0.15) is 21.6 Å². The summed E-state index contributed by atoms with van der Waals surface area (Å²) >= 11 is 2.89. The molecule has 0 atom stereocenters. The summed E-state index contributed by atoms with van der Waals surface area (Å²) in [6.45, 7) is 2.04. The minimum absolute atomic E-state index is 0.0872. The molecule has 0 amide bonds. The van der Waals surface area contributed by atoms with E-state index >= 15 is 0 Å². The first-order valence-electron chi connectivity index (χ1n) is 10.7. The number of carbonyl (C=O) groups is 1. The number of thioether (sulfide) groups is 1. The average molecular weight is 501 g/mol. The Morgan fingerprint density at radius 1 is 1.06 bits per heavy atom. The fourth-order valence-electron chi connectivity index (χ4n) is 3.53. The van der Waals surface area contributed by atoms with Gasteiger partial charge in [0, 0.05) is 16.8 Å². The molecule has 0 aliphatic rings. The van der Waals surface area contributed by atoms with Gasteiger partial charge in [-0.25, -0.2) is 14.8 Å². The number of aryl methyl sites for hydroxylation is 1. The van der Waals surface area contributed by atoms with Crippen molar-refractivity contribution in [3.05, 3.63) is 105 Å². The monoisotopic (exact) mass is 500 g/mol. The number of carboxylic acid groups (broad SMARTS) is 1. The van der Waals surface area contributed by atoms with Crippen LogP contribution in [0.5, 0.6) is 0 Å². The minimum atomic E-state index is -1.06. The average Bonchev–Trinajstić information content (AvgIpc) is 3.31. The molecule has 0 unspecified atom stereocenters. The molecule has 0 aliphatic heterocycles. The predicted octanol–water partition coefficient (Wildman–Crippen LogP) is 5.88. The van der Waals surface area contributed by atoms with Crippen molar-refractivity contribution in [2.75, 3.05) is 5.32 Å². The highest BCUT2D eigenvalue weighted by Crippen LogP contribution is 2.28. The number of aromatic carboxylic acids is 1. The van der Waals surface area contributed by atoms with Gasteiger partial charge in [-0.1, -0.05) is 47.7 Å². The van der Waals surface area contributed by atoms with E-state index in [0.717, 1.165) is 16.5 Å². The van der Waals surface area contributed by atoms with Crippen LogP contribution in [0, 0.1) is 6.92 Å². The van der Waals surface area contributed by atoms with Gasteiger partial charge in [0.1, 0.15) is 0 Å². The second-order valence-electron chi connectivity index (χ2n) is 7.83. The van der Waals surface area contributed by atoms with E-state index in [1.165, 1.54) is 46.9 Å². The van der Waals surface area contributed by atoms with Crippen LogP contribution in [-0.4, -0.2) is 25.6 Å². The Morgan fingerprint density at radius 3 is 2.57 bits per heavy atom. The molecule has 0 fully saturated rings. The van der Waals surface area contributed by atoms with E-state index < -0.39 is 5.97 Å². The molecule has 5 rings (SSSR count). The maximum Gasteiger partial charge on any atom is 0.335 e. The zero-order valence-corrected chi connectivity index (χ0v) is 20.3. The van der Waals surface area contributed by atoms with Gasteiger partial charge in [0.25, 0.3) is 5.56 Å². The molecular formula is C26H20N4O3S2. The predicted molar refractivity (Wildman–Crippen MR) is 140 cm³/mol. The molecule has 0 radical (unpaired) electrons. The van der Waals surface area contributed by atoms with Crippen molar-refractivity contribution in [3.63, 3.8) is 0 Å². The van der Waals surface area contributed by atoms with Crippen molar-refractivity contribution in [2.45, 2.75) is 17.8 Å². The number of nitrogens with one attached hydrogen (secondary N) is 1. The lowest BCUT2D eigenvalue weighted by Gasteiger charge is -2.13. The number of thiazole rings is 1. The van der Waals surface area contributed by atoms with Crippen LogP contribution in [0.15, 0.2) is 88.1 Å². The SMILES string of the molecule is Cc1ccc(Nc2nc(CSc3nc4cc(C(=O)O)ccc4c(=O)n3-c3ccccc3)cs2)cc1. The lowest BCUT2D eigenvalue weighted by Crippen LogP contribution is -2.22. The second kappa shape index (κ2) is 9.73. The van der Waals surface area contributed by atoms with Gasteiger partial charge in [0.15, 0.2) is 10.3 Å². The van der Waals surface area contributed by atoms with Crippen LogP contribution in [0.4, 0.5) is 10.8 Å². The molecule has 0 bridgehead atoms. The Kier molecular flexibility index (Phi) is 6.35. The fraction of sp³-hybridized carbons (Fsp3) is 0.0769. The summed E-state index contributed by atoms with van der Waals surface area (Å²) in [5.41, 5.74) is 3.89. The highest BCUT2D eigenvalue weighted by molar-refractivity contribution is 7.98. The van der Waals surface area contributed by atoms with E-state index in [9.17, 15) is 14.7 Å². The van der Waals surface area contributed by atoms with Crippen LogP contribution in [0.25, 0.3) is 16.6 Å². The number of fused-ring (bicyclic) bond motifs is 1. The van der Waals surface area contributed by atoms with Gasteiger partial charge in [0.2, 0.25) is 0 Å². The second-order valence-corrected chi connectivity index (χ2v) is 9.63. The molecule has 7 nitrogen and oxygen atoms in total. The van der Waals surface area contributed by atoms with Gasteiger partial charge >= 0.3 is 5.97 Å². The van der Waals surface area contributed by atoms with Crippen molar-refractivity contribution in [3.8, 4) is 5.69 Å². The lowest BCUT2D eigenvalue weighted by atomic mass is 10.1. The molecule has 3 aromatic carbocycles. The smallest absolute Gasteiger partial charge is 0.335 e. The van der Waals surface area contributed by atoms with E-state index in [-0.39, 0.29) is 11.1 Å². The van der Waals surface area contributed by atoms with Crippen molar-refractivity contribution >= 4 is 50.8 Å². The molecule has 9 heteroatoms. The molecule has 0 saturated carbocycles. The van der Waals surface area contributed by atoms with Crippen molar-refractivity contribution < 1.29 is 9.90 Å². The van der Waals surface area contributed by atoms with E-state index in [2.05, 4.69) is 15.3 Å². The van der Waals surface area contributed by atoms with Crippen LogP contribution < -0.4 is 10.9 Å². The summed E-state index contributed by atoms with van der Waals surface area (Å²) in [5.74, 6) is -0.568. The lowest BCUT2D eigenvalue weighted by molar-refractivity contribution is 0.0697. The molecular weight excluding hydrogens is 480 g/mol. The Labute approximate surface area is 209 Å². The summed E-state index contributed by atoms with van der Waals surface area (Å²) in [6, 6.07) is 21.8. The Morgan fingerprint density at radius 2 is 1.83 bits per heavy atom. The van der Waals surface area contributed by atoms with E-state index in [1.54, 1.807) is 4.57 Å². The summed E-state index contributed by atoms with van der Waals surface area (Å²) in [4.78, 5) is 34.2. The third-order valence-corrected chi connectivity index (χ3v) is 7.08. The Balaban J connectivity index is 1.47. The number of hydrogen-bond acceptors (Lipinski definition) is 7. The van der Waals surface area contributed by atoms with Gasteiger partial charge in [-0.2, -0.15) is 0 Å². The maximum absolute atomic E-state index is 13.4. The molecule has 0 saturated heterocycles. The van der Waals surface area contributed by atoms with Crippen LogP contribution in [0.2, 0.25) is 0 Å². The van der Waals surface area contributed by atoms with Gasteiger partial charge in [0.05, 0.1) is 27.8 Å². The molecule has 5 aromatic rings. The zero-order valence-electron chi connectivity index (χ0n) is 18.6. The van der Waals surface area contributed by atoms with E-state index in [0.29, 0.717) is 27.5 Å². The normalized spacial score (nSPS) is 11.0. The zero-order chi connectivity index (χ0) is 24.4. The number of nitrogens with zero attached hydrogens (tertiary/aromatic N) is 3. The molecule has 2 heterocycles. The van der Waals surface area contributed by atoms with Crippen molar-refractivity contribution in [1.82, 2.24) is 14.5 Å². The number of anilines is 2. The largest absolute Gasteiger partial charge is 0.478 e. The Hall–Kier alpha value is -3.95. The first kappa shape index (κ1) is 22.8. The highest BCUT2D eigenvalue weighted by atomic mass is 32.2. The third kappa shape index (κ3) is 4.96. The van der Waals surface area contributed by atoms with Crippen LogP contribution in [-0.2, 0) is 5.75 Å². The number of aromatic nitrogens is 3. The quantitative estimate of drug-likeness (QED) is 0.213. The molecule has 0 aliphatic carbocycles. The van der Waals surface area contributed by atoms with E-state index in [4.69, 9.17) is 0 Å². The molecule has 0 spiro atoms. The molecule has 35 heavy (non-hydrogen) atoms. The number of para-hydroxylation sites is 1. The van der Waals surface area contributed by atoms with Crippen LogP contribution >= 0.6 is 23.1 Å². The molecule has 174 valence electrons. The number of rotatable bonds is 7. The first-order chi connectivity index (χ1) is 17.0. The summed E-state index contributed by atoms with van der Waals surface area (Å²) in [7, 11) is 0. The maximum atomic E-state index is 13.4. The molecule has 2 N–H and O–H groups in total. The standard InChI is InChI=1S/C26H20N4O3S2/c1-16-7-10-18(11-8-16)27-25-28-19(14-34-25)15-35-26-29-22-13-17(24(32)33)9-12-21(22)23(31)30(26)20-5-3-2-4-6-20/h2-14H,15H2,1H3,(H,27,28)(H,32,33). The fourth-order valence-corrected chi connectivity index (χ4v) is 5.27. The minimum Gasteiger partial charge on any atom is -0.478 e. The number of benzene rings is 3. The van der Waals surface area contributed by atoms with Gasteiger partial charge in [-0.05, 0) is 49.4 Å². The molecule has 2 aromatic heterocycles. The van der Waals surface area contributed by atoms with Crippen molar-refractivity contribution in [1.29, 1.82) is 0 Å². The highest BCUT2D eigenvalue weighted by Gasteiger charge is 2.16. The van der Waals surface area contributed by atoms with Gasteiger partial charge < -0.3 is 10.4 Å². The van der Waals surface area contributed by atoms with Gasteiger partial charge in [-0.15, -0.1) is 11.3 Å². The third-order valence-electron chi connectivity index (χ3n) is 5.30. The number of hydrogen-bond donors (Lipinski definition) is 2. The topological polar surface area (TPSA) is 97.1 Å². The number of carboxylic acids is 1. The summed E-state index contributed by atoms with van der Waals surface area (Å²) in [6.07, 6.45) is 0. The first-order valence-corrected chi connectivity index (χ1v) is 12.6.